The second kappa shape index (κ2) is 3.64. The molecule has 1 fully saturated rings. The van der Waals surface area contributed by atoms with Crippen molar-refractivity contribution in [2.45, 2.75) is 38.9 Å². The van der Waals surface area contributed by atoms with Crippen molar-refractivity contribution in [2.24, 2.45) is 11.1 Å². The SMILES string of the molecule is CC1CC(CN)(CC(=O)O)C(C)O1. The van der Waals surface area contributed by atoms with E-state index in [2.05, 4.69) is 0 Å². The van der Waals surface area contributed by atoms with Gasteiger partial charge in [-0.05, 0) is 20.3 Å². The first-order valence-corrected chi connectivity index (χ1v) is 4.57. The molecule has 0 aromatic carbocycles. The van der Waals surface area contributed by atoms with Crippen molar-refractivity contribution in [2.75, 3.05) is 6.54 Å². The Morgan fingerprint density at radius 2 is 2.31 bits per heavy atom. The summed E-state index contributed by atoms with van der Waals surface area (Å²) in [6.07, 6.45) is 0.924. The predicted octanol–water partition coefficient (Wildman–Crippen LogP) is 0.603. The van der Waals surface area contributed by atoms with E-state index in [-0.39, 0.29) is 24.0 Å². The Morgan fingerprint density at radius 1 is 1.69 bits per heavy atom. The molecule has 4 heteroatoms. The van der Waals surface area contributed by atoms with Gasteiger partial charge in [0.1, 0.15) is 0 Å². The van der Waals surface area contributed by atoms with Crippen LogP contribution < -0.4 is 5.73 Å². The summed E-state index contributed by atoms with van der Waals surface area (Å²) in [5, 5.41) is 8.76. The third-order valence-corrected chi connectivity index (χ3v) is 2.90. The zero-order chi connectivity index (χ0) is 10.1. The first-order chi connectivity index (χ1) is 6.00. The Morgan fingerprint density at radius 3 is 2.62 bits per heavy atom. The molecule has 3 atom stereocenters. The van der Waals surface area contributed by atoms with E-state index >= 15 is 0 Å². The van der Waals surface area contributed by atoms with Gasteiger partial charge in [0.2, 0.25) is 0 Å². The van der Waals surface area contributed by atoms with Crippen molar-refractivity contribution in [3.05, 3.63) is 0 Å². The van der Waals surface area contributed by atoms with E-state index in [1.165, 1.54) is 0 Å². The summed E-state index contributed by atoms with van der Waals surface area (Å²) >= 11 is 0. The largest absolute Gasteiger partial charge is 0.481 e. The third-order valence-electron chi connectivity index (χ3n) is 2.90. The fourth-order valence-corrected chi connectivity index (χ4v) is 2.12. The summed E-state index contributed by atoms with van der Waals surface area (Å²) < 4.78 is 5.53. The lowest BCUT2D eigenvalue weighted by atomic mass is 9.77. The number of carboxylic acids is 1. The van der Waals surface area contributed by atoms with Crippen LogP contribution in [-0.2, 0) is 9.53 Å². The molecule has 0 saturated carbocycles. The topological polar surface area (TPSA) is 72.6 Å². The molecule has 1 aliphatic heterocycles. The molecular weight excluding hydrogens is 170 g/mol. The molecule has 0 bridgehead atoms. The molecule has 1 aliphatic rings. The number of nitrogens with two attached hydrogens (primary N) is 1. The zero-order valence-electron chi connectivity index (χ0n) is 8.12. The second-order valence-electron chi connectivity index (χ2n) is 3.93. The highest BCUT2D eigenvalue weighted by Gasteiger charge is 2.45. The molecule has 0 spiro atoms. The second-order valence-corrected chi connectivity index (χ2v) is 3.93. The van der Waals surface area contributed by atoms with Crippen molar-refractivity contribution >= 4 is 5.97 Å². The molecule has 13 heavy (non-hydrogen) atoms. The summed E-state index contributed by atoms with van der Waals surface area (Å²) in [4.78, 5) is 10.7. The molecule has 76 valence electrons. The Kier molecular flexibility index (Phi) is 2.93. The molecule has 3 unspecified atom stereocenters. The van der Waals surface area contributed by atoms with Gasteiger partial charge < -0.3 is 15.6 Å². The fourth-order valence-electron chi connectivity index (χ4n) is 2.12. The van der Waals surface area contributed by atoms with Crippen LogP contribution in [0.5, 0.6) is 0 Å². The fraction of sp³-hybridized carbons (Fsp3) is 0.889. The van der Waals surface area contributed by atoms with Crippen LogP contribution in [0.3, 0.4) is 0 Å². The van der Waals surface area contributed by atoms with E-state index in [4.69, 9.17) is 15.6 Å². The van der Waals surface area contributed by atoms with Crippen LogP contribution in [0.25, 0.3) is 0 Å². The lowest BCUT2D eigenvalue weighted by molar-refractivity contribution is -0.140. The zero-order valence-corrected chi connectivity index (χ0v) is 8.12. The van der Waals surface area contributed by atoms with Crippen LogP contribution in [0.15, 0.2) is 0 Å². The normalized spacial score (nSPS) is 39.3. The maximum absolute atomic E-state index is 10.7. The third kappa shape index (κ3) is 2.00. The summed E-state index contributed by atoms with van der Waals surface area (Å²) in [5.41, 5.74) is 5.27. The van der Waals surface area contributed by atoms with E-state index in [0.29, 0.717) is 6.54 Å². The molecule has 0 amide bonds. The highest BCUT2D eigenvalue weighted by atomic mass is 16.5. The number of aliphatic carboxylic acids is 1. The van der Waals surface area contributed by atoms with Crippen LogP contribution in [0.4, 0.5) is 0 Å². The van der Waals surface area contributed by atoms with Crippen LogP contribution in [0, 0.1) is 5.41 Å². The summed E-state index contributed by atoms with van der Waals surface area (Å²) in [6, 6.07) is 0. The van der Waals surface area contributed by atoms with Gasteiger partial charge in [-0.2, -0.15) is 0 Å². The van der Waals surface area contributed by atoms with Gasteiger partial charge in [0.05, 0.1) is 18.6 Å². The quantitative estimate of drug-likeness (QED) is 0.678. The lowest BCUT2D eigenvalue weighted by Gasteiger charge is -2.28. The number of carbonyl (C=O) groups is 1. The molecule has 0 aromatic rings. The van der Waals surface area contributed by atoms with Crippen molar-refractivity contribution in [3.63, 3.8) is 0 Å². The molecule has 1 rings (SSSR count). The van der Waals surface area contributed by atoms with Crippen LogP contribution >= 0.6 is 0 Å². The minimum absolute atomic E-state index is 0.0522. The smallest absolute Gasteiger partial charge is 0.304 e. The molecule has 4 nitrogen and oxygen atoms in total. The molecule has 0 aliphatic carbocycles. The van der Waals surface area contributed by atoms with Gasteiger partial charge in [-0.25, -0.2) is 0 Å². The van der Waals surface area contributed by atoms with Gasteiger partial charge in [-0.1, -0.05) is 0 Å². The van der Waals surface area contributed by atoms with E-state index < -0.39 is 5.97 Å². The molecule has 3 N–H and O–H groups in total. The number of carboxylic acid groups (broad SMARTS) is 1. The maximum Gasteiger partial charge on any atom is 0.304 e. The number of hydrogen-bond acceptors (Lipinski definition) is 3. The highest BCUT2D eigenvalue weighted by Crippen LogP contribution is 2.40. The summed E-state index contributed by atoms with van der Waals surface area (Å²) in [7, 11) is 0. The average molecular weight is 187 g/mol. The minimum atomic E-state index is -0.796. The number of rotatable bonds is 3. The van der Waals surface area contributed by atoms with Gasteiger partial charge >= 0.3 is 5.97 Å². The van der Waals surface area contributed by atoms with Gasteiger partial charge in [0, 0.05) is 12.0 Å². The molecule has 0 radical (unpaired) electrons. The highest BCUT2D eigenvalue weighted by molar-refractivity contribution is 5.68. The molecule has 1 heterocycles. The predicted molar refractivity (Wildman–Crippen MR) is 48.4 cm³/mol. The number of ether oxygens (including phenoxy) is 1. The van der Waals surface area contributed by atoms with Crippen molar-refractivity contribution in [1.29, 1.82) is 0 Å². The first kappa shape index (κ1) is 10.5. The summed E-state index contributed by atoms with van der Waals surface area (Å²) in [6.45, 7) is 4.24. The van der Waals surface area contributed by atoms with Crippen LogP contribution in [0.2, 0.25) is 0 Å². The van der Waals surface area contributed by atoms with E-state index in [9.17, 15) is 4.79 Å². The molecule has 0 aromatic heterocycles. The van der Waals surface area contributed by atoms with Crippen molar-refractivity contribution in [3.8, 4) is 0 Å². The van der Waals surface area contributed by atoms with E-state index in [1.807, 2.05) is 13.8 Å². The van der Waals surface area contributed by atoms with Crippen molar-refractivity contribution < 1.29 is 14.6 Å². The Hall–Kier alpha value is -0.610. The molecular formula is C9H17NO3. The minimum Gasteiger partial charge on any atom is -0.481 e. The van der Waals surface area contributed by atoms with E-state index in [1.54, 1.807) is 0 Å². The van der Waals surface area contributed by atoms with Gasteiger partial charge in [0.25, 0.3) is 0 Å². The van der Waals surface area contributed by atoms with E-state index in [0.717, 1.165) is 6.42 Å². The standard InChI is InChI=1S/C9H17NO3/c1-6-3-9(5-10,4-8(11)12)7(2)13-6/h6-7H,3-5,10H2,1-2H3,(H,11,12). The monoisotopic (exact) mass is 187 g/mol. The van der Waals surface area contributed by atoms with Gasteiger partial charge in [-0.15, -0.1) is 0 Å². The van der Waals surface area contributed by atoms with Crippen LogP contribution in [0.1, 0.15) is 26.7 Å². The van der Waals surface area contributed by atoms with Gasteiger partial charge in [0.15, 0.2) is 0 Å². The maximum atomic E-state index is 10.7. The first-order valence-electron chi connectivity index (χ1n) is 4.57. The van der Waals surface area contributed by atoms with Crippen LogP contribution in [-0.4, -0.2) is 29.8 Å². The Bertz CT molecular complexity index is 207. The molecule has 1 saturated heterocycles. The summed E-state index contributed by atoms with van der Waals surface area (Å²) in [5.74, 6) is -0.796. The Balaban J connectivity index is 2.74. The lowest BCUT2D eigenvalue weighted by Crippen LogP contribution is -2.38. The average Bonchev–Trinajstić information content (AvgIpc) is 2.26. The Labute approximate surface area is 78.1 Å². The number of hydrogen-bond donors (Lipinski definition) is 2. The van der Waals surface area contributed by atoms with Crippen molar-refractivity contribution in [1.82, 2.24) is 0 Å². The van der Waals surface area contributed by atoms with Gasteiger partial charge in [-0.3, -0.25) is 4.79 Å².